The average molecular weight is 250 g/mol. The second-order valence-electron chi connectivity index (χ2n) is 3.77. The summed E-state index contributed by atoms with van der Waals surface area (Å²) in [6.07, 6.45) is 0. The number of hydrogen-bond acceptors (Lipinski definition) is 3. The van der Waals surface area contributed by atoms with Crippen molar-refractivity contribution in [3.8, 4) is 0 Å². The molecule has 0 atom stereocenters. The number of para-hydroxylation sites is 1. The maximum absolute atomic E-state index is 5.86. The summed E-state index contributed by atoms with van der Waals surface area (Å²) < 4.78 is 0. The van der Waals surface area contributed by atoms with Gasteiger partial charge in [0.2, 0.25) is 0 Å². The van der Waals surface area contributed by atoms with Gasteiger partial charge in [-0.05, 0) is 36.8 Å². The van der Waals surface area contributed by atoms with E-state index in [4.69, 9.17) is 11.5 Å². The van der Waals surface area contributed by atoms with Crippen molar-refractivity contribution in [3.05, 3.63) is 48.0 Å². The van der Waals surface area contributed by atoms with E-state index in [1.54, 1.807) is 0 Å². The van der Waals surface area contributed by atoms with Crippen LogP contribution in [0.15, 0.2) is 42.5 Å². The fourth-order valence-corrected chi connectivity index (χ4v) is 1.52. The van der Waals surface area contributed by atoms with Gasteiger partial charge in [0.25, 0.3) is 0 Å². The predicted molar refractivity (Wildman–Crippen MR) is 77.0 cm³/mol. The average Bonchev–Trinajstić information content (AvgIpc) is 2.27. The fraction of sp³-hybridized carbons (Fsp3) is 0.0769. The first-order valence-electron chi connectivity index (χ1n) is 5.14. The maximum atomic E-state index is 5.86. The van der Waals surface area contributed by atoms with Gasteiger partial charge in [-0.3, -0.25) is 0 Å². The van der Waals surface area contributed by atoms with E-state index in [0.717, 1.165) is 16.9 Å². The molecule has 17 heavy (non-hydrogen) atoms. The molecular weight excluding hydrogens is 234 g/mol. The van der Waals surface area contributed by atoms with E-state index in [2.05, 4.69) is 5.32 Å². The normalized spacial score (nSPS) is 9.47. The van der Waals surface area contributed by atoms with Gasteiger partial charge in [0.05, 0.1) is 0 Å². The van der Waals surface area contributed by atoms with E-state index in [-0.39, 0.29) is 12.4 Å². The van der Waals surface area contributed by atoms with Crippen LogP contribution >= 0.6 is 12.4 Å². The highest BCUT2D eigenvalue weighted by molar-refractivity contribution is 5.85. The molecule has 3 nitrogen and oxygen atoms in total. The summed E-state index contributed by atoms with van der Waals surface area (Å²) in [7, 11) is 0. The number of benzene rings is 2. The zero-order valence-corrected chi connectivity index (χ0v) is 10.4. The van der Waals surface area contributed by atoms with Crippen LogP contribution < -0.4 is 16.8 Å². The van der Waals surface area contributed by atoms with E-state index in [1.165, 1.54) is 0 Å². The molecule has 0 saturated heterocycles. The molecule has 0 amide bonds. The van der Waals surface area contributed by atoms with Gasteiger partial charge >= 0.3 is 0 Å². The van der Waals surface area contributed by atoms with Gasteiger partial charge in [0.1, 0.15) is 0 Å². The van der Waals surface area contributed by atoms with Gasteiger partial charge in [0.15, 0.2) is 0 Å². The van der Waals surface area contributed by atoms with Crippen molar-refractivity contribution < 1.29 is 0 Å². The molecule has 0 saturated carbocycles. The fourth-order valence-electron chi connectivity index (χ4n) is 1.52. The highest BCUT2D eigenvalue weighted by Crippen LogP contribution is 2.26. The van der Waals surface area contributed by atoms with E-state index in [9.17, 15) is 0 Å². The van der Waals surface area contributed by atoms with Gasteiger partial charge < -0.3 is 16.8 Å². The van der Waals surface area contributed by atoms with Crippen molar-refractivity contribution in [2.45, 2.75) is 6.92 Å². The van der Waals surface area contributed by atoms with Crippen molar-refractivity contribution in [2.75, 3.05) is 16.8 Å². The maximum Gasteiger partial charge on any atom is 0.0425 e. The molecule has 0 heterocycles. The first-order chi connectivity index (χ1) is 7.66. The lowest BCUT2D eigenvalue weighted by Gasteiger charge is -2.10. The van der Waals surface area contributed by atoms with Crippen LogP contribution in [0.25, 0.3) is 0 Å². The summed E-state index contributed by atoms with van der Waals surface area (Å²) in [6.45, 7) is 1.91. The number of anilines is 4. The molecule has 90 valence electrons. The van der Waals surface area contributed by atoms with Crippen LogP contribution in [0.2, 0.25) is 0 Å². The largest absolute Gasteiger partial charge is 0.398 e. The second-order valence-corrected chi connectivity index (χ2v) is 3.77. The van der Waals surface area contributed by atoms with Gasteiger partial charge in [-0.15, -0.1) is 12.4 Å². The SMILES string of the molecule is Cc1c(N)cc(Nc2ccccc2)cc1N.Cl. The predicted octanol–water partition coefficient (Wildman–Crippen LogP) is 3.32. The summed E-state index contributed by atoms with van der Waals surface area (Å²) in [6, 6.07) is 13.7. The lowest BCUT2D eigenvalue weighted by molar-refractivity contribution is 1.45. The Hall–Kier alpha value is -1.87. The number of nitrogen functional groups attached to an aromatic ring is 2. The Bertz CT molecular complexity index is 474. The van der Waals surface area contributed by atoms with Crippen LogP contribution in [-0.2, 0) is 0 Å². The topological polar surface area (TPSA) is 64.1 Å². The second kappa shape index (κ2) is 5.46. The zero-order valence-electron chi connectivity index (χ0n) is 9.60. The molecule has 0 aliphatic heterocycles. The Balaban J connectivity index is 0.00000144. The van der Waals surface area contributed by atoms with Crippen molar-refractivity contribution in [2.24, 2.45) is 0 Å². The van der Waals surface area contributed by atoms with Gasteiger partial charge in [-0.2, -0.15) is 0 Å². The van der Waals surface area contributed by atoms with E-state index < -0.39 is 0 Å². The molecule has 4 heteroatoms. The molecule has 0 aliphatic rings. The molecule has 0 fully saturated rings. The Morgan fingerprint density at radius 3 is 1.94 bits per heavy atom. The first-order valence-corrected chi connectivity index (χ1v) is 5.14. The minimum Gasteiger partial charge on any atom is -0.398 e. The molecule has 0 bridgehead atoms. The summed E-state index contributed by atoms with van der Waals surface area (Å²) in [4.78, 5) is 0. The van der Waals surface area contributed by atoms with Crippen molar-refractivity contribution in [3.63, 3.8) is 0 Å². The lowest BCUT2D eigenvalue weighted by atomic mass is 10.1. The van der Waals surface area contributed by atoms with Crippen LogP contribution in [0.5, 0.6) is 0 Å². The third-order valence-corrected chi connectivity index (χ3v) is 2.55. The van der Waals surface area contributed by atoms with Crippen LogP contribution in [0.4, 0.5) is 22.7 Å². The molecule has 0 aromatic heterocycles. The molecule has 5 N–H and O–H groups in total. The molecule has 0 aliphatic carbocycles. The third kappa shape index (κ3) is 3.04. The zero-order chi connectivity index (χ0) is 11.5. The summed E-state index contributed by atoms with van der Waals surface area (Å²) >= 11 is 0. The van der Waals surface area contributed by atoms with Crippen molar-refractivity contribution >= 4 is 35.2 Å². The number of nitrogens with one attached hydrogen (secondary N) is 1. The Labute approximate surface area is 107 Å². The van der Waals surface area contributed by atoms with E-state index >= 15 is 0 Å². The standard InChI is InChI=1S/C13H15N3.ClH/c1-9-12(14)7-11(8-13(9)15)16-10-5-3-2-4-6-10;/h2-8,16H,14-15H2,1H3;1H. The highest BCUT2D eigenvalue weighted by atomic mass is 35.5. The minimum atomic E-state index is 0. The molecule has 2 aromatic rings. The Morgan fingerprint density at radius 1 is 0.882 bits per heavy atom. The smallest absolute Gasteiger partial charge is 0.0425 e. The molecule has 0 spiro atoms. The number of halogens is 1. The molecule has 0 unspecified atom stereocenters. The van der Waals surface area contributed by atoms with Crippen LogP contribution in [0.3, 0.4) is 0 Å². The van der Waals surface area contributed by atoms with Crippen molar-refractivity contribution in [1.29, 1.82) is 0 Å². The molecular formula is C13H16ClN3. The van der Waals surface area contributed by atoms with Gasteiger partial charge in [0, 0.05) is 22.7 Å². The Kier molecular flexibility index (Phi) is 4.24. The number of rotatable bonds is 2. The lowest BCUT2D eigenvalue weighted by Crippen LogP contribution is -1.99. The summed E-state index contributed by atoms with van der Waals surface area (Å²) in [5.41, 5.74) is 16.0. The van der Waals surface area contributed by atoms with E-state index in [0.29, 0.717) is 11.4 Å². The van der Waals surface area contributed by atoms with Crippen molar-refractivity contribution in [1.82, 2.24) is 0 Å². The van der Waals surface area contributed by atoms with Crippen LogP contribution in [-0.4, -0.2) is 0 Å². The molecule has 2 aromatic carbocycles. The third-order valence-electron chi connectivity index (χ3n) is 2.55. The summed E-state index contributed by atoms with van der Waals surface area (Å²) in [5.74, 6) is 0. The van der Waals surface area contributed by atoms with Gasteiger partial charge in [-0.25, -0.2) is 0 Å². The van der Waals surface area contributed by atoms with Crippen LogP contribution in [0.1, 0.15) is 5.56 Å². The number of hydrogen-bond donors (Lipinski definition) is 3. The minimum absolute atomic E-state index is 0. The quantitative estimate of drug-likeness (QED) is 0.716. The molecule has 0 radical (unpaired) electrons. The number of nitrogens with two attached hydrogens (primary N) is 2. The van der Waals surface area contributed by atoms with Gasteiger partial charge in [-0.1, -0.05) is 18.2 Å². The monoisotopic (exact) mass is 249 g/mol. The first kappa shape index (κ1) is 13.2. The molecule has 2 rings (SSSR count). The Morgan fingerprint density at radius 2 is 1.41 bits per heavy atom. The van der Waals surface area contributed by atoms with E-state index in [1.807, 2.05) is 49.4 Å². The summed E-state index contributed by atoms with van der Waals surface area (Å²) in [5, 5.41) is 3.25. The van der Waals surface area contributed by atoms with Crippen LogP contribution in [0, 0.1) is 6.92 Å². The highest BCUT2D eigenvalue weighted by Gasteiger charge is 2.02.